The van der Waals surface area contributed by atoms with Crippen molar-refractivity contribution in [2.45, 2.75) is 122 Å². The number of benzene rings is 4. The Balaban J connectivity index is 1.54. The van der Waals surface area contributed by atoms with Gasteiger partial charge in [0.1, 0.15) is 17.7 Å². The molecule has 0 heterocycles. The summed E-state index contributed by atoms with van der Waals surface area (Å²) in [6, 6.07) is 27.7. The first-order valence-corrected chi connectivity index (χ1v) is 21.5. The zero-order valence-corrected chi connectivity index (χ0v) is 37.2. The number of fused-ring (bicyclic) bond motifs is 1. The lowest BCUT2D eigenvalue weighted by Gasteiger charge is -2.30. The van der Waals surface area contributed by atoms with E-state index in [9.17, 15) is 29.1 Å². The molecule has 0 aromatic heterocycles. The van der Waals surface area contributed by atoms with E-state index < -0.39 is 65.7 Å². The maximum absolute atomic E-state index is 14.2. The van der Waals surface area contributed by atoms with Gasteiger partial charge in [0.15, 0.2) is 0 Å². The third kappa shape index (κ3) is 15.9. The van der Waals surface area contributed by atoms with Gasteiger partial charge in [-0.1, -0.05) is 131 Å². The number of nitrogens with two attached hydrogens (primary N) is 1. The van der Waals surface area contributed by atoms with Gasteiger partial charge in [0.05, 0.1) is 12.6 Å². The van der Waals surface area contributed by atoms with Crippen LogP contribution >= 0.6 is 0 Å². The molecule has 62 heavy (non-hydrogen) atoms. The SMILES string of the molecule is CC(C)[C@H](NC(=O)[C@H](Cc1ccccc1)NC(=O)OC(C)(C)C)C(=O)N[C@@H](Cc1ccccc1)[C@@H](N)CC(=O)N[C@H](CC(=O)N[C@H](CO)C(C)C)Cc1cccc2ccccc12. The van der Waals surface area contributed by atoms with Crippen LogP contribution in [0.15, 0.2) is 103 Å². The van der Waals surface area contributed by atoms with Gasteiger partial charge in [0.2, 0.25) is 23.6 Å². The number of carbonyl (C=O) groups excluding carboxylic acids is 5. The van der Waals surface area contributed by atoms with E-state index in [1.807, 2.05) is 117 Å². The summed E-state index contributed by atoms with van der Waals surface area (Å²) in [5.74, 6) is -2.17. The summed E-state index contributed by atoms with van der Waals surface area (Å²) >= 11 is 0. The highest BCUT2D eigenvalue weighted by atomic mass is 16.6. The minimum atomic E-state index is -1.06. The Labute approximate surface area is 366 Å². The number of hydrogen-bond acceptors (Lipinski definition) is 8. The van der Waals surface area contributed by atoms with Crippen molar-refractivity contribution in [2.75, 3.05) is 6.61 Å². The van der Waals surface area contributed by atoms with Crippen molar-refractivity contribution in [1.29, 1.82) is 0 Å². The monoisotopic (exact) mass is 850 g/mol. The smallest absolute Gasteiger partial charge is 0.408 e. The lowest BCUT2D eigenvalue weighted by atomic mass is 9.94. The first kappa shape index (κ1) is 48.9. The van der Waals surface area contributed by atoms with Gasteiger partial charge >= 0.3 is 6.09 Å². The van der Waals surface area contributed by atoms with Crippen molar-refractivity contribution in [1.82, 2.24) is 26.6 Å². The van der Waals surface area contributed by atoms with E-state index in [4.69, 9.17) is 10.5 Å². The Morgan fingerprint density at radius 2 is 1.19 bits per heavy atom. The third-order valence-corrected chi connectivity index (χ3v) is 10.6. The highest BCUT2D eigenvalue weighted by Gasteiger charge is 2.33. The van der Waals surface area contributed by atoms with E-state index in [1.165, 1.54) is 0 Å². The summed E-state index contributed by atoms with van der Waals surface area (Å²) in [5.41, 5.74) is 8.65. The van der Waals surface area contributed by atoms with E-state index in [1.54, 1.807) is 34.6 Å². The molecule has 0 saturated heterocycles. The molecule has 13 nitrogen and oxygen atoms in total. The number of carbonyl (C=O) groups is 5. The molecule has 0 bridgehead atoms. The van der Waals surface area contributed by atoms with E-state index in [-0.39, 0.29) is 50.0 Å². The number of amides is 5. The lowest BCUT2D eigenvalue weighted by molar-refractivity contribution is -0.131. The van der Waals surface area contributed by atoms with Crippen LogP contribution in [0, 0.1) is 11.8 Å². The first-order chi connectivity index (χ1) is 29.4. The predicted molar refractivity (Wildman–Crippen MR) is 243 cm³/mol. The van der Waals surface area contributed by atoms with E-state index in [2.05, 4.69) is 26.6 Å². The molecule has 0 fully saturated rings. The number of hydrogen-bond donors (Lipinski definition) is 7. The number of alkyl carbamates (subject to hydrolysis) is 1. The molecule has 0 radical (unpaired) electrons. The highest BCUT2D eigenvalue weighted by molar-refractivity contribution is 5.92. The molecule has 5 amide bonds. The molecular weight excluding hydrogens is 785 g/mol. The van der Waals surface area contributed by atoms with Crippen LogP contribution in [0.2, 0.25) is 0 Å². The average Bonchev–Trinajstić information content (AvgIpc) is 3.21. The topological polar surface area (TPSA) is 201 Å². The van der Waals surface area contributed by atoms with Crippen molar-refractivity contribution in [3.63, 3.8) is 0 Å². The second-order valence-electron chi connectivity index (χ2n) is 17.7. The molecule has 0 aliphatic rings. The second-order valence-corrected chi connectivity index (χ2v) is 17.7. The molecule has 13 heteroatoms. The molecule has 0 aliphatic heterocycles. The Hall–Kier alpha value is -5.79. The van der Waals surface area contributed by atoms with Crippen molar-refractivity contribution >= 4 is 40.5 Å². The van der Waals surface area contributed by atoms with Crippen LogP contribution in [0.5, 0.6) is 0 Å². The van der Waals surface area contributed by atoms with Gasteiger partial charge in [0.25, 0.3) is 0 Å². The molecule has 6 atom stereocenters. The van der Waals surface area contributed by atoms with Gasteiger partial charge in [-0.05, 0) is 72.9 Å². The van der Waals surface area contributed by atoms with E-state index in [0.29, 0.717) is 6.42 Å². The quantitative estimate of drug-likeness (QED) is 0.0600. The molecule has 334 valence electrons. The van der Waals surface area contributed by atoms with Crippen LogP contribution in [0.4, 0.5) is 4.79 Å². The standard InChI is InChI=1S/C49H66N6O7/c1-31(2)42(30-56)52-43(57)28-37(27-36-23-16-22-35-21-14-15-24-38(35)36)51-44(58)29-39(50)40(25-33-17-10-8-11-18-33)53-47(60)45(32(3)4)55-46(59)41(26-34-19-12-9-13-20-34)54-48(61)62-49(5,6)7/h8-24,31-32,37,39-42,45,56H,25-30,50H2,1-7H3,(H,51,58)(H,52,57)(H,53,60)(H,54,61)(H,55,59)/t37-,39-,40-,41-,42+,45-/m0/s1. The molecule has 0 saturated carbocycles. The van der Waals surface area contributed by atoms with Gasteiger partial charge in [0, 0.05) is 37.4 Å². The second kappa shape index (κ2) is 23.4. The van der Waals surface area contributed by atoms with Crippen LogP contribution in [0.25, 0.3) is 10.8 Å². The largest absolute Gasteiger partial charge is 0.444 e. The fourth-order valence-corrected chi connectivity index (χ4v) is 7.21. The van der Waals surface area contributed by atoms with Crippen LogP contribution < -0.4 is 32.3 Å². The van der Waals surface area contributed by atoms with Crippen LogP contribution in [-0.2, 0) is 43.2 Å². The van der Waals surface area contributed by atoms with E-state index in [0.717, 1.165) is 27.5 Å². The summed E-state index contributed by atoms with van der Waals surface area (Å²) in [7, 11) is 0. The first-order valence-electron chi connectivity index (χ1n) is 21.5. The maximum atomic E-state index is 14.2. The Bertz CT molecular complexity index is 2070. The van der Waals surface area contributed by atoms with Crippen molar-refractivity contribution in [3.05, 3.63) is 120 Å². The van der Waals surface area contributed by atoms with E-state index >= 15 is 0 Å². The summed E-state index contributed by atoms with van der Waals surface area (Å²) in [4.78, 5) is 68.3. The zero-order valence-electron chi connectivity index (χ0n) is 37.2. The molecule has 0 spiro atoms. The Morgan fingerprint density at radius 3 is 1.79 bits per heavy atom. The number of nitrogens with one attached hydrogen (secondary N) is 5. The normalized spacial score (nSPS) is 14.5. The molecule has 0 unspecified atom stereocenters. The Morgan fingerprint density at radius 1 is 0.613 bits per heavy atom. The molecule has 4 rings (SSSR count). The van der Waals surface area contributed by atoms with Crippen LogP contribution in [0.3, 0.4) is 0 Å². The van der Waals surface area contributed by atoms with Crippen molar-refractivity contribution < 1.29 is 33.8 Å². The minimum Gasteiger partial charge on any atom is -0.444 e. The lowest BCUT2D eigenvalue weighted by Crippen LogP contribution is -2.59. The van der Waals surface area contributed by atoms with Gasteiger partial charge < -0.3 is 42.2 Å². The summed E-state index contributed by atoms with van der Waals surface area (Å²) < 4.78 is 5.46. The number of ether oxygens (including phenoxy) is 1. The van der Waals surface area contributed by atoms with Crippen LogP contribution in [-0.4, -0.2) is 83.3 Å². The number of aliphatic hydroxyl groups is 1. The minimum absolute atomic E-state index is 0.00181. The highest BCUT2D eigenvalue weighted by Crippen LogP contribution is 2.21. The van der Waals surface area contributed by atoms with Gasteiger partial charge in [-0.3, -0.25) is 19.2 Å². The maximum Gasteiger partial charge on any atom is 0.408 e. The zero-order chi connectivity index (χ0) is 45.4. The molecule has 0 aliphatic carbocycles. The summed E-state index contributed by atoms with van der Waals surface area (Å²) in [5, 5.41) is 26.5. The Kier molecular flexibility index (Phi) is 18.5. The fraction of sp³-hybridized carbons (Fsp3) is 0.449. The summed E-state index contributed by atoms with van der Waals surface area (Å²) in [6.45, 7) is 12.4. The number of rotatable bonds is 21. The molecule has 4 aromatic carbocycles. The number of aliphatic hydroxyl groups excluding tert-OH is 1. The van der Waals surface area contributed by atoms with Crippen molar-refractivity contribution in [3.8, 4) is 0 Å². The predicted octanol–water partition coefficient (Wildman–Crippen LogP) is 5.11. The average molecular weight is 851 g/mol. The fourth-order valence-electron chi connectivity index (χ4n) is 7.21. The third-order valence-electron chi connectivity index (χ3n) is 10.6. The van der Waals surface area contributed by atoms with Crippen LogP contribution in [0.1, 0.15) is 78.0 Å². The van der Waals surface area contributed by atoms with Gasteiger partial charge in [-0.25, -0.2) is 4.79 Å². The van der Waals surface area contributed by atoms with Gasteiger partial charge in [-0.15, -0.1) is 0 Å². The molecular formula is C49H66N6O7. The molecule has 8 N–H and O–H groups in total. The summed E-state index contributed by atoms with van der Waals surface area (Å²) in [6.07, 6.45) is -0.199. The molecule has 4 aromatic rings. The van der Waals surface area contributed by atoms with Gasteiger partial charge in [-0.2, -0.15) is 0 Å². The van der Waals surface area contributed by atoms with Crippen molar-refractivity contribution in [2.24, 2.45) is 17.6 Å².